The van der Waals surface area contributed by atoms with Gasteiger partial charge in [0.1, 0.15) is 5.75 Å². The molecule has 0 spiro atoms. The fourth-order valence-corrected chi connectivity index (χ4v) is 2.74. The van der Waals surface area contributed by atoms with E-state index in [1.165, 1.54) is 0 Å². The Morgan fingerprint density at radius 3 is 2.20 bits per heavy atom. The fraction of sp³-hybridized carbons (Fsp3) is 0.500. The lowest BCUT2D eigenvalue weighted by Crippen LogP contribution is -2.45. The van der Waals surface area contributed by atoms with E-state index in [0.29, 0.717) is 6.42 Å². The van der Waals surface area contributed by atoms with Crippen molar-refractivity contribution in [3.05, 3.63) is 42.5 Å². The molecule has 0 saturated carbocycles. The first-order valence-corrected chi connectivity index (χ1v) is 7.83. The van der Waals surface area contributed by atoms with Gasteiger partial charge in [0.05, 0.1) is 28.4 Å². The molecule has 1 rings (SSSR count). The van der Waals surface area contributed by atoms with Crippen LogP contribution in [0, 0.1) is 0 Å². The second kappa shape index (κ2) is 6.55. The summed E-state index contributed by atoms with van der Waals surface area (Å²) in [5.41, 5.74) is 0.655. The van der Waals surface area contributed by atoms with E-state index in [9.17, 15) is 4.21 Å². The summed E-state index contributed by atoms with van der Waals surface area (Å²) in [4.78, 5) is 0. The van der Waals surface area contributed by atoms with Crippen molar-refractivity contribution in [3.8, 4) is 5.75 Å². The average Bonchev–Trinajstić information content (AvgIpc) is 2.38. The Labute approximate surface area is 125 Å². The topological polar surface area (TPSA) is 38.3 Å². The van der Waals surface area contributed by atoms with Gasteiger partial charge in [-0.15, -0.1) is 6.58 Å². The Kier molecular flexibility index (Phi) is 5.54. The summed E-state index contributed by atoms with van der Waals surface area (Å²) < 4.78 is 20.5. The second-order valence-electron chi connectivity index (χ2n) is 6.04. The van der Waals surface area contributed by atoms with Gasteiger partial charge in [0, 0.05) is 0 Å². The molecule has 2 unspecified atom stereocenters. The highest BCUT2D eigenvalue weighted by atomic mass is 32.2. The molecule has 2 atom stereocenters. The molecular weight excluding hydrogens is 270 g/mol. The third-order valence-corrected chi connectivity index (χ3v) is 4.90. The first kappa shape index (κ1) is 16.9. The van der Waals surface area contributed by atoms with Gasteiger partial charge >= 0.3 is 0 Å². The van der Waals surface area contributed by atoms with Crippen LogP contribution < -0.4 is 9.46 Å². The van der Waals surface area contributed by atoms with Gasteiger partial charge in [0.2, 0.25) is 0 Å². The highest BCUT2D eigenvalue weighted by molar-refractivity contribution is 7.84. The summed E-state index contributed by atoms with van der Waals surface area (Å²) in [5, 5.41) is 0. The molecule has 0 aliphatic heterocycles. The van der Waals surface area contributed by atoms with Crippen molar-refractivity contribution in [2.75, 3.05) is 7.11 Å². The van der Waals surface area contributed by atoms with E-state index in [-0.39, 0.29) is 4.75 Å². The Hall–Kier alpha value is -1.13. The van der Waals surface area contributed by atoms with Gasteiger partial charge in [0.15, 0.2) is 0 Å². The van der Waals surface area contributed by atoms with E-state index in [1.54, 1.807) is 7.11 Å². The van der Waals surface area contributed by atoms with Crippen LogP contribution >= 0.6 is 0 Å². The molecule has 0 amide bonds. The van der Waals surface area contributed by atoms with Gasteiger partial charge in [-0.1, -0.05) is 18.2 Å². The van der Waals surface area contributed by atoms with Crippen LogP contribution in [0.25, 0.3) is 0 Å². The van der Waals surface area contributed by atoms with E-state index >= 15 is 0 Å². The van der Waals surface area contributed by atoms with Crippen LogP contribution in [-0.4, -0.2) is 16.1 Å². The van der Waals surface area contributed by atoms with Crippen LogP contribution in [-0.2, 0) is 16.5 Å². The third kappa shape index (κ3) is 4.18. The maximum absolute atomic E-state index is 12.4. The van der Waals surface area contributed by atoms with Crippen molar-refractivity contribution < 1.29 is 8.95 Å². The van der Waals surface area contributed by atoms with E-state index < -0.39 is 16.5 Å². The molecule has 0 fully saturated rings. The predicted octanol–water partition coefficient (Wildman–Crippen LogP) is 3.54. The monoisotopic (exact) mass is 295 g/mol. The van der Waals surface area contributed by atoms with Crippen LogP contribution in [0.5, 0.6) is 5.75 Å². The zero-order valence-electron chi connectivity index (χ0n) is 13.0. The molecule has 0 heterocycles. The van der Waals surface area contributed by atoms with Gasteiger partial charge in [-0.2, -0.15) is 0 Å². The number of methoxy groups -OCH3 is 1. The lowest BCUT2D eigenvalue weighted by Gasteiger charge is -2.33. The summed E-state index contributed by atoms with van der Waals surface area (Å²) in [6.07, 6.45) is 2.54. The van der Waals surface area contributed by atoms with Crippen LogP contribution in [0.2, 0.25) is 0 Å². The summed E-state index contributed by atoms with van der Waals surface area (Å²) >= 11 is 0. The number of rotatable bonds is 6. The van der Waals surface area contributed by atoms with E-state index in [0.717, 1.165) is 11.3 Å². The first-order chi connectivity index (χ1) is 9.23. The van der Waals surface area contributed by atoms with Crippen molar-refractivity contribution in [2.45, 2.75) is 44.4 Å². The molecule has 0 radical (unpaired) electrons. The molecule has 112 valence electrons. The number of ether oxygens (including phenoxy) is 1. The summed E-state index contributed by atoms with van der Waals surface area (Å²) in [7, 11) is 0.499. The number of nitrogens with one attached hydrogen (secondary N) is 1. The molecule has 0 bridgehead atoms. The summed E-state index contributed by atoms with van der Waals surface area (Å²) in [6.45, 7) is 11.7. The number of benzene rings is 1. The zero-order valence-corrected chi connectivity index (χ0v) is 13.8. The third-order valence-electron chi connectivity index (χ3n) is 3.15. The van der Waals surface area contributed by atoms with Crippen LogP contribution in [0.1, 0.15) is 39.7 Å². The molecule has 1 aromatic rings. The van der Waals surface area contributed by atoms with Crippen LogP contribution in [0.15, 0.2) is 36.9 Å². The lowest BCUT2D eigenvalue weighted by atomic mass is 9.90. The molecule has 4 heteroatoms. The molecule has 1 aromatic carbocycles. The molecular formula is C16H25NO2S. The Bertz CT molecular complexity index is 476. The minimum Gasteiger partial charge on any atom is -0.497 e. The van der Waals surface area contributed by atoms with Gasteiger partial charge in [-0.05, 0) is 51.8 Å². The Morgan fingerprint density at radius 2 is 1.80 bits per heavy atom. The van der Waals surface area contributed by atoms with Crippen molar-refractivity contribution in [1.82, 2.24) is 4.72 Å². The van der Waals surface area contributed by atoms with Gasteiger partial charge < -0.3 is 4.74 Å². The largest absolute Gasteiger partial charge is 0.497 e. The minimum atomic E-state index is -1.14. The lowest BCUT2D eigenvalue weighted by molar-refractivity contribution is 0.412. The fourth-order valence-electron chi connectivity index (χ4n) is 1.82. The van der Waals surface area contributed by atoms with E-state index in [4.69, 9.17) is 4.74 Å². The SMILES string of the molecule is C=CCC(C)(NS(=O)C(C)(C)C)c1ccc(OC)cc1. The number of hydrogen-bond acceptors (Lipinski definition) is 2. The van der Waals surface area contributed by atoms with Crippen molar-refractivity contribution >= 4 is 11.0 Å². The standard InChI is InChI=1S/C16H25NO2S/c1-7-12-16(5,17-20(18)15(2,3)4)13-8-10-14(19-6)11-9-13/h7-11,17H,1,12H2,2-6H3. The minimum absolute atomic E-state index is 0.311. The maximum Gasteiger partial charge on any atom is 0.118 e. The van der Waals surface area contributed by atoms with Crippen molar-refractivity contribution in [1.29, 1.82) is 0 Å². The van der Waals surface area contributed by atoms with Crippen LogP contribution in [0.4, 0.5) is 0 Å². The van der Waals surface area contributed by atoms with Gasteiger partial charge in [-0.25, -0.2) is 8.93 Å². The second-order valence-corrected chi connectivity index (χ2v) is 8.00. The molecule has 1 N–H and O–H groups in total. The van der Waals surface area contributed by atoms with Gasteiger partial charge in [-0.3, -0.25) is 0 Å². The van der Waals surface area contributed by atoms with Crippen LogP contribution in [0.3, 0.4) is 0 Å². The first-order valence-electron chi connectivity index (χ1n) is 6.68. The van der Waals surface area contributed by atoms with Crippen molar-refractivity contribution in [3.63, 3.8) is 0 Å². The molecule has 0 aliphatic carbocycles. The Morgan fingerprint density at radius 1 is 1.25 bits per heavy atom. The maximum atomic E-state index is 12.4. The molecule has 20 heavy (non-hydrogen) atoms. The normalized spacial score (nSPS) is 16.2. The van der Waals surface area contributed by atoms with E-state index in [1.807, 2.05) is 58.0 Å². The quantitative estimate of drug-likeness (QED) is 0.815. The summed E-state index contributed by atoms with van der Waals surface area (Å²) in [6, 6.07) is 7.82. The predicted molar refractivity (Wildman–Crippen MR) is 86.2 cm³/mol. The average molecular weight is 295 g/mol. The molecule has 3 nitrogen and oxygen atoms in total. The Balaban J connectivity index is 3.06. The molecule has 0 saturated heterocycles. The molecule has 0 aliphatic rings. The highest BCUT2D eigenvalue weighted by Gasteiger charge is 2.31. The molecule has 0 aromatic heterocycles. The highest BCUT2D eigenvalue weighted by Crippen LogP contribution is 2.28. The zero-order chi connectivity index (χ0) is 15.4. The smallest absolute Gasteiger partial charge is 0.118 e. The van der Waals surface area contributed by atoms with Crippen molar-refractivity contribution in [2.24, 2.45) is 0 Å². The number of hydrogen-bond donors (Lipinski definition) is 1. The summed E-state index contributed by atoms with van der Waals surface area (Å²) in [5.74, 6) is 0.812. The van der Waals surface area contributed by atoms with E-state index in [2.05, 4.69) is 11.3 Å². The van der Waals surface area contributed by atoms with Gasteiger partial charge in [0.25, 0.3) is 0 Å².